The smallest absolute Gasteiger partial charge is 0.306 e. The molecule has 1 saturated heterocycles. The highest BCUT2D eigenvalue weighted by Gasteiger charge is 2.54. The van der Waals surface area contributed by atoms with Gasteiger partial charge in [-0.2, -0.15) is 4.98 Å². The number of carbonyl (C=O) groups is 4. The highest BCUT2D eigenvalue weighted by Crippen LogP contribution is 2.40. The maximum atomic E-state index is 13.0. The highest BCUT2D eigenvalue weighted by atomic mass is 35.5. The Morgan fingerprint density at radius 1 is 0.593 bits per heavy atom. The number of hydrogen-bond acceptors (Lipinski definition) is 12. The number of carbonyl (C=O) groups excluding carboxylic acids is 4. The van der Waals surface area contributed by atoms with Crippen molar-refractivity contribution in [3.05, 3.63) is 17.8 Å². The fourth-order valence-electron chi connectivity index (χ4n) is 7.69. The zero-order valence-corrected chi connectivity index (χ0v) is 37.1. The standard InChI is InChI=1S/C45H75N3O10.ClH/c1-3-53-38(49)29-25-21-17-13-9-5-6-11-15-19-23-27-31-40(51)55-35-36-42(43-44(56-36)48-34-33-37(46)47-45(48)58-43)57-41(52)32-28-24-20-16-12-8-7-10-14-18-22-26-30-39(50)54-4-2;/h33-34,36,42-44,46H,3-32,35H2,1-2H3;1H/t36-,42-,43-,44-;/m1./s1. The van der Waals surface area contributed by atoms with Gasteiger partial charge >= 0.3 is 29.9 Å². The molecule has 0 radical (unpaired) electrons. The van der Waals surface area contributed by atoms with Crippen molar-refractivity contribution in [1.82, 2.24) is 9.55 Å². The van der Waals surface area contributed by atoms with Crippen LogP contribution in [0.3, 0.4) is 0 Å². The number of esters is 4. The first kappa shape index (κ1) is 51.9. The molecule has 0 aliphatic carbocycles. The summed E-state index contributed by atoms with van der Waals surface area (Å²) in [5.74, 6) is -0.784. The maximum absolute atomic E-state index is 13.0. The monoisotopic (exact) mass is 854 g/mol. The van der Waals surface area contributed by atoms with Crippen LogP contribution >= 0.6 is 12.4 Å². The molecule has 1 aromatic heterocycles. The second-order valence-electron chi connectivity index (χ2n) is 15.9. The van der Waals surface area contributed by atoms with E-state index in [1.807, 2.05) is 13.8 Å². The van der Waals surface area contributed by atoms with Crippen molar-refractivity contribution in [2.24, 2.45) is 0 Å². The third-order valence-corrected chi connectivity index (χ3v) is 10.9. The van der Waals surface area contributed by atoms with Gasteiger partial charge in [0.05, 0.1) is 13.2 Å². The Balaban J connectivity index is 0.0000120. The summed E-state index contributed by atoms with van der Waals surface area (Å²) in [7, 11) is 0. The highest BCUT2D eigenvalue weighted by molar-refractivity contribution is 5.85. The van der Waals surface area contributed by atoms with Crippen LogP contribution in [0.2, 0.25) is 0 Å². The molecule has 1 aromatic rings. The first-order valence-corrected chi connectivity index (χ1v) is 22.9. The maximum Gasteiger partial charge on any atom is 0.306 e. The molecule has 0 bridgehead atoms. The molecule has 1 N–H and O–H groups in total. The second-order valence-corrected chi connectivity index (χ2v) is 15.9. The summed E-state index contributed by atoms with van der Waals surface area (Å²) in [6, 6.07) is 1.79. The van der Waals surface area contributed by atoms with Crippen molar-refractivity contribution < 1.29 is 47.6 Å². The number of halogens is 1. The summed E-state index contributed by atoms with van der Waals surface area (Å²) >= 11 is 0. The first-order valence-electron chi connectivity index (χ1n) is 22.9. The van der Waals surface area contributed by atoms with Crippen LogP contribution < -0.4 is 10.2 Å². The van der Waals surface area contributed by atoms with Gasteiger partial charge in [0.25, 0.3) is 0 Å². The Labute approximate surface area is 359 Å². The summed E-state index contributed by atoms with van der Waals surface area (Å²) in [6.45, 7) is 4.56. The largest absolute Gasteiger partial charge is 0.466 e. The van der Waals surface area contributed by atoms with Gasteiger partial charge in [-0.15, -0.1) is 12.4 Å². The molecular weight excluding hydrogens is 778 g/mol. The minimum atomic E-state index is -0.768. The number of hydrogen-bond donors (Lipinski definition) is 1. The lowest BCUT2D eigenvalue weighted by Gasteiger charge is -2.22. The molecule has 2 aliphatic rings. The Morgan fingerprint density at radius 2 is 0.966 bits per heavy atom. The van der Waals surface area contributed by atoms with Gasteiger partial charge in [0.1, 0.15) is 12.7 Å². The number of aromatic nitrogens is 2. The minimum Gasteiger partial charge on any atom is -0.466 e. The molecule has 3 rings (SSSR count). The van der Waals surface area contributed by atoms with Crippen molar-refractivity contribution in [3.63, 3.8) is 0 Å². The van der Waals surface area contributed by atoms with Crippen LogP contribution in [0.25, 0.3) is 0 Å². The van der Waals surface area contributed by atoms with E-state index in [1.54, 1.807) is 16.8 Å². The van der Waals surface area contributed by atoms with E-state index in [9.17, 15) is 19.2 Å². The fraction of sp³-hybridized carbons (Fsp3) is 0.822. The van der Waals surface area contributed by atoms with Crippen molar-refractivity contribution in [3.8, 4) is 6.01 Å². The summed E-state index contributed by atoms with van der Waals surface area (Å²) in [5.41, 5.74) is 0.0664. The molecule has 0 spiro atoms. The number of unbranched alkanes of at least 4 members (excludes halogenated alkanes) is 22. The van der Waals surface area contributed by atoms with Crippen LogP contribution in [0, 0.1) is 5.41 Å². The van der Waals surface area contributed by atoms with Crippen LogP contribution in [0.5, 0.6) is 6.01 Å². The van der Waals surface area contributed by atoms with Crippen LogP contribution in [0.1, 0.15) is 200 Å². The lowest BCUT2D eigenvalue weighted by molar-refractivity contribution is -0.160. The van der Waals surface area contributed by atoms with E-state index in [2.05, 4.69) is 4.98 Å². The van der Waals surface area contributed by atoms with E-state index >= 15 is 0 Å². The predicted octanol–water partition coefficient (Wildman–Crippen LogP) is 9.95. The predicted molar refractivity (Wildman–Crippen MR) is 227 cm³/mol. The molecule has 0 unspecified atom stereocenters. The average Bonchev–Trinajstić information content (AvgIpc) is 3.72. The summed E-state index contributed by atoms with van der Waals surface area (Å²) < 4.78 is 35.5. The first-order chi connectivity index (χ1) is 28.3. The Hall–Kier alpha value is -3.19. The van der Waals surface area contributed by atoms with Gasteiger partial charge in [-0.05, 0) is 45.6 Å². The van der Waals surface area contributed by atoms with Gasteiger partial charge in [-0.3, -0.25) is 29.2 Å². The average molecular weight is 855 g/mol. The molecular formula is C45H76ClN3O10. The molecule has 0 aromatic carbocycles. The summed E-state index contributed by atoms with van der Waals surface area (Å²) in [6.07, 6.45) is 27.2. The molecule has 13 nitrogen and oxygen atoms in total. The number of ether oxygens (including phenoxy) is 6. The topological polar surface area (TPSA) is 165 Å². The Kier molecular flexibility index (Phi) is 28.7. The van der Waals surface area contributed by atoms with Gasteiger partial charge in [-0.25, -0.2) is 0 Å². The SMILES string of the molecule is CCOC(=O)CCCCCCCCCCCCCCC(=O)OC[C@H]1O[C@@H]2[C@H](Oc3nc(=N)ccn32)[C@@H]1OC(=O)CCCCCCCCCCCCCCC(=O)OCC.Cl. The number of rotatable bonds is 35. The van der Waals surface area contributed by atoms with Crippen molar-refractivity contribution in [2.75, 3.05) is 19.8 Å². The van der Waals surface area contributed by atoms with Gasteiger partial charge in [0.2, 0.25) is 0 Å². The molecule has 338 valence electrons. The normalized spacial score (nSPS) is 17.7. The van der Waals surface area contributed by atoms with E-state index in [4.69, 9.17) is 33.8 Å². The summed E-state index contributed by atoms with van der Waals surface area (Å²) in [4.78, 5) is 52.6. The van der Waals surface area contributed by atoms with Crippen LogP contribution in [0.4, 0.5) is 0 Å². The van der Waals surface area contributed by atoms with Crippen LogP contribution in [-0.4, -0.2) is 71.6 Å². The number of nitrogens with zero attached hydrogens (tertiary/aromatic N) is 2. The van der Waals surface area contributed by atoms with Crippen molar-refractivity contribution in [2.45, 2.75) is 218 Å². The molecule has 59 heavy (non-hydrogen) atoms. The van der Waals surface area contributed by atoms with Gasteiger partial charge in [0.15, 0.2) is 23.9 Å². The molecule has 0 saturated carbocycles. The number of fused-ring (bicyclic) bond motifs is 3. The molecule has 3 heterocycles. The van der Waals surface area contributed by atoms with Gasteiger partial charge in [-0.1, -0.05) is 128 Å². The Morgan fingerprint density at radius 3 is 1.37 bits per heavy atom. The number of nitrogens with one attached hydrogen (secondary N) is 1. The van der Waals surface area contributed by atoms with Crippen LogP contribution in [-0.2, 0) is 42.9 Å². The Bertz CT molecular complexity index is 1380. The lowest BCUT2D eigenvalue weighted by Crippen LogP contribution is -2.40. The molecule has 14 heteroatoms. The van der Waals surface area contributed by atoms with Gasteiger partial charge in [0, 0.05) is 31.9 Å². The van der Waals surface area contributed by atoms with E-state index < -0.39 is 24.5 Å². The van der Waals surface area contributed by atoms with Gasteiger partial charge < -0.3 is 28.4 Å². The van der Waals surface area contributed by atoms with Crippen molar-refractivity contribution >= 4 is 36.3 Å². The zero-order valence-electron chi connectivity index (χ0n) is 36.3. The van der Waals surface area contributed by atoms with E-state index in [0.29, 0.717) is 38.9 Å². The second kappa shape index (κ2) is 32.6. The molecule has 1 fully saturated rings. The van der Waals surface area contributed by atoms with E-state index in [0.717, 1.165) is 70.6 Å². The third kappa shape index (κ3) is 22.3. The third-order valence-electron chi connectivity index (χ3n) is 10.9. The fourth-order valence-corrected chi connectivity index (χ4v) is 7.69. The zero-order chi connectivity index (χ0) is 41.6. The minimum absolute atomic E-state index is 0. The quantitative estimate of drug-likeness (QED) is 0.0392. The molecule has 2 aliphatic heterocycles. The molecule has 0 amide bonds. The van der Waals surface area contributed by atoms with Crippen LogP contribution in [0.15, 0.2) is 12.3 Å². The van der Waals surface area contributed by atoms with E-state index in [1.165, 1.54) is 83.5 Å². The summed E-state index contributed by atoms with van der Waals surface area (Å²) in [5, 5.41) is 7.86. The van der Waals surface area contributed by atoms with E-state index in [-0.39, 0.29) is 54.4 Å². The lowest BCUT2D eigenvalue weighted by atomic mass is 10.0. The van der Waals surface area contributed by atoms with Crippen molar-refractivity contribution in [1.29, 1.82) is 5.41 Å². The molecule has 4 atom stereocenters.